The summed E-state index contributed by atoms with van der Waals surface area (Å²) in [6.45, 7) is 0.808. The first-order chi connectivity index (χ1) is 9.31. The number of rotatable bonds is 6. The van der Waals surface area contributed by atoms with Crippen LogP contribution in [0, 0.1) is 0 Å². The van der Waals surface area contributed by atoms with Gasteiger partial charge in [-0.2, -0.15) is 13.2 Å². The Bertz CT molecular complexity index is 466. The molecule has 0 amide bonds. The van der Waals surface area contributed by atoms with E-state index in [9.17, 15) is 13.2 Å². The van der Waals surface area contributed by atoms with Crippen LogP contribution < -0.4 is 5.73 Å². The van der Waals surface area contributed by atoms with Crippen molar-refractivity contribution in [2.45, 2.75) is 12.1 Å². The number of nitrogens with zero attached hydrogens (tertiary/aromatic N) is 2. The summed E-state index contributed by atoms with van der Waals surface area (Å²) in [5.41, 5.74) is 2.75. The van der Waals surface area contributed by atoms with E-state index in [1.165, 1.54) is 0 Å². The number of thioether (sulfide) groups is 1. The highest BCUT2D eigenvalue weighted by atomic mass is 32.2. The molecule has 0 fully saturated rings. The number of amidine groups is 1. The van der Waals surface area contributed by atoms with Crippen LogP contribution in [0.2, 0.25) is 0 Å². The third-order valence-electron chi connectivity index (χ3n) is 2.52. The van der Waals surface area contributed by atoms with Crippen molar-refractivity contribution >= 4 is 17.6 Å². The van der Waals surface area contributed by atoms with E-state index in [0.29, 0.717) is 18.7 Å². The summed E-state index contributed by atoms with van der Waals surface area (Å²) in [6, 6.07) is 7.02. The molecule has 4 nitrogen and oxygen atoms in total. The van der Waals surface area contributed by atoms with Gasteiger partial charge in [0, 0.05) is 24.4 Å². The normalized spacial score (nSPS) is 12.9. The van der Waals surface area contributed by atoms with E-state index in [-0.39, 0.29) is 23.4 Å². The van der Waals surface area contributed by atoms with Gasteiger partial charge in [0.05, 0.1) is 0 Å². The molecule has 0 saturated carbocycles. The summed E-state index contributed by atoms with van der Waals surface area (Å²) in [5, 5.41) is 11.5. The maximum absolute atomic E-state index is 12.0. The lowest BCUT2D eigenvalue weighted by Gasteiger charge is -2.17. The quantitative estimate of drug-likeness (QED) is 0.367. The lowest BCUT2D eigenvalue weighted by Crippen LogP contribution is -2.22. The summed E-state index contributed by atoms with van der Waals surface area (Å²) in [5.74, 6) is -0.0120. The van der Waals surface area contributed by atoms with Crippen molar-refractivity contribution in [3.63, 3.8) is 0 Å². The molecule has 0 atom stereocenters. The molecule has 112 valence electrons. The average molecular weight is 307 g/mol. The Balaban J connectivity index is 2.52. The van der Waals surface area contributed by atoms with E-state index in [1.54, 1.807) is 30.1 Å². The van der Waals surface area contributed by atoms with Gasteiger partial charge in [-0.1, -0.05) is 23.4 Å². The van der Waals surface area contributed by atoms with Crippen LogP contribution in [-0.4, -0.2) is 40.8 Å². The van der Waals surface area contributed by atoms with Gasteiger partial charge >= 0.3 is 5.51 Å². The van der Waals surface area contributed by atoms with Crippen LogP contribution in [0.25, 0.3) is 0 Å². The molecule has 1 aromatic rings. The van der Waals surface area contributed by atoms with Gasteiger partial charge in [0.25, 0.3) is 0 Å². The Hall–Kier alpha value is -1.41. The van der Waals surface area contributed by atoms with Gasteiger partial charge in [-0.3, -0.25) is 0 Å². The third kappa shape index (κ3) is 6.16. The molecule has 8 heteroatoms. The molecule has 0 bridgehead atoms. The van der Waals surface area contributed by atoms with E-state index in [1.807, 2.05) is 6.07 Å². The Morgan fingerprint density at radius 2 is 2.15 bits per heavy atom. The molecule has 0 aliphatic rings. The Morgan fingerprint density at radius 1 is 1.45 bits per heavy atom. The monoisotopic (exact) mass is 307 g/mol. The van der Waals surface area contributed by atoms with Gasteiger partial charge in [-0.15, -0.1) is 0 Å². The minimum atomic E-state index is -4.19. The highest BCUT2D eigenvalue weighted by Gasteiger charge is 2.27. The molecule has 20 heavy (non-hydrogen) atoms. The molecular weight excluding hydrogens is 291 g/mol. The minimum Gasteiger partial charge on any atom is -0.409 e. The molecular formula is C12H16F3N3OS. The van der Waals surface area contributed by atoms with Crippen molar-refractivity contribution in [1.29, 1.82) is 0 Å². The zero-order valence-corrected chi connectivity index (χ0v) is 11.7. The number of oxime groups is 1. The second kappa shape index (κ2) is 7.39. The van der Waals surface area contributed by atoms with Crippen molar-refractivity contribution in [3.8, 4) is 0 Å². The van der Waals surface area contributed by atoms with Crippen LogP contribution in [-0.2, 0) is 6.54 Å². The molecule has 0 aliphatic heterocycles. The molecule has 0 aromatic heterocycles. The van der Waals surface area contributed by atoms with Crippen LogP contribution in [0.1, 0.15) is 11.1 Å². The molecule has 0 aliphatic carbocycles. The van der Waals surface area contributed by atoms with Crippen molar-refractivity contribution in [1.82, 2.24) is 4.90 Å². The Labute approximate surface area is 119 Å². The second-order valence-electron chi connectivity index (χ2n) is 4.22. The van der Waals surface area contributed by atoms with Gasteiger partial charge in [0.1, 0.15) is 0 Å². The van der Waals surface area contributed by atoms with Crippen molar-refractivity contribution < 1.29 is 18.4 Å². The fourth-order valence-electron chi connectivity index (χ4n) is 1.59. The first-order valence-electron chi connectivity index (χ1n) is 5.78. The van der Waals surface area contributed by atoms with E-state index >= 15 is 0 Å². The third-order valence-corrected chi connectivity index (χ3v) is 3.24. The van der Waals surface area contributed by atoms with Crippen molar-refractivity contribution in [2.75, 3.05) is 19.3 Å². The number of halogens is 3. The molecule has 0 saturated heterocycles. The molecule has 0 radical (unpaired) electrons. The fraction of sp³-hybridized carbons (Fsp3) is 0.417. The molecule has 1 rings (SSSR count). The smallest absolute Gasteiger partial charge is 0.409 e. The fourth-order valence-corrected chi connectivity index (χ4v) is 2.23. The summed E-state index contributed by atoms with van der Waals surface area (Å²) >= 11 is -0.0297. The molecule has 0 spiro atoms. The number of nitrogens with two attached hydrogens (primary N) is 1. The Morgan fingerprint density at radius 3 is 2.75 bits per heavy atom. The summed E-state index contributed by atoms with van der Waals surface area (Å²) in [7, 11) is 1.74. The minimum absolute atomic E-state index is 0.00197. The van der Waals surface area contributed by atoms with Crippen LogP contribution >= 0.6 is 11.8 Å². The van der Waals surface area contributed by atoms with Crippen LogP contribution in [0.4, 0.5) is 13.2 Å². The molecule has 1 aromatic carbocycles. The topological polar surface area (TPSA) is 61.8 Å². The van der Waals surface area contributed by atoms with E-state index in [4.69, 9.17) is 10.9 Å². The summed E-state index contributed by atoms with van der Waals surface area (Å²) in [6.07, 6.45) is 0. The first-order valence-corrected chi connectivity index (χ1v) is 6.76. The van der Waals surface area contributed by atoms with Gasteiger partial charge in [0.2, 0.25) is 0 Å². The Kier molecular flexibility index (Phi) is 6.15. The van der Waals surface area contributed by atoms with Gasteiger partial charge in [-0.25, -0.2) is 0 Å². The predicted molar refractivity (Wildman–Crippen MR) is 73.8 cm³/mol. The van der Waals surface area contributed by atoms with E-state index in [0.717, 1.165) is 5.56 Å². The van der Waals surface area contributed by atoms with E-state index in [2.05, 4.69) is 5.16 Å². The van der Waals surface area contributed by atoms with Crippen LogP contribution in [0.5, 0.6) is 0 Å². The highest BCUT2D eigenvalue weighted by molar-refractivity contribution is 8.00. The molecule has 0 unspecified atom stereocenters. The zero-order valence-electron chi connectivity index (χ0n) is 10.9. The maximum Gasteiger partial charge on any atom is 0.441 e. The van der Waals surface area contributed by atoms with Gasteiger partial charge in [0.15, 0.2) is 5.84 Å². The number of benzene rings is 1. The van der Waals surface area contributed by atoms with Gasteiger partial charge < -0.3 is 15.8 Å². The standard InChI is InChI=1S/C12H16F3N3OS/c1-18(5-6-20-12(13,14)15)8-9-3-2-4-10(7-9)11(16)17-19/h2-4,7,19H,5-6,8H2,1H3,(H2,16,17). The van der Waals surface area contributed by atoms with E-state index < -0.39 is 5.51 Å². The average Bonchev–Trinajstić information content (AvgIpc) is 2.36. The summed E-state index contributed by atoms with van der Waals surface area (Å²) < 4.78 is 36.0. The van der Waals surface area contributed by atoms with Crippen LogP contribution in [0.15, 0.2) is 29.4 Å². The van der Waals surface area contributed by atoms with Crippen LogP contribution in [0.3, 0.4) is 0 Å². The number of alkyl halides is 3. The number of hydrogen-bond acceptors (Lipinski definition) is 4. The maximum atomic E-state index is 12.0. The SMILES string of the molecule is CN(CCSC(F)(F)F)Cc1cccc(/C(N)=N/O)c1. The number of hydrogen-bond donors (Lipinski definition) is 2. The predicted octanol–water partition coefficient (Wildman–Crippen LogP) is 2.47. The lowest BCUT2D eigenvalue weighted by molar-refractivity contribution is -0.0328. The summed E-state index contributed by atoms with van der Waals surface area (Å²) in [4.78, 5) is 1.78. The lowest BCUT2D eigenvalue weighted by atomic mass is 10.1. The molecule has 3 N–H and O–H groups in total. The first kappa shape index (κ1) is 16.6. The second-order valence-corrected chi connectivity index (χ2v) is 5.38. The largest absolute Gasteiger partial charge is 0.441 e. The van der Waals surface area contributed by atoms with Crippen molar-refractivity contribution in [2.24, 2.45) is 10.9 Å². The zero-order chi connectivity index (χ0) is 15.2. The highest BCUT2D eigenvalue weighted by Crippen LogP contribution is 2.29. The van der Waals surface area contributed by atoms with Gasteiger partial charge in [-0.05, 0) is 30.4 Å². The molecule has 0 heterocycles. The van der Waals surface area contributed by atoms with Crippen molar-refractivity contribution in [3.05, 3.63) is 35.4 Å².